The minimum Gasteiger partial charge on any atom is -0.331 e. The number of imidazole rings is 2. The van der Waals surface area contributed by atoms with E-state index in [1.807, 2.05) is 53.6 Å². The van der Waals surface area contributed by atoms with E-state index in [-0.39, 0.29) is 5.91 Å². The van der Waals surface area contributed by atoms with Crippen molar-refractivity contribution in [2.75, 3.05) is 5.32 Å². The Morgan fingerprint density at radius 3 is 2.67 bits per heavy atom. The number of carbonyl (C=O) groups is 1. The molecule has 6 nitrogen and oxygen atoms in total. The van der Waals surface area contributed by atoms with E-state index in [1.165, 1.54) is 11.1 Å². The molecule has 0 fully saturated rings. The zero-order chi connectivity index (χ0) is 21.3. The summed E-state index contributed by atoms with van der Waals surface area (Å²) in [4.78, 5) is 21.6. The molecule has 0 spiro atoms. The van der Waals surface area contributed by atoms with Gasteiger partial charge in [-0.25, -0.2) is 9.97 Å². The molecular weight excluding hydrogens is 374 g/mol. The molecule has 1 amide bonds. The molecule has 2 heterocycles. The van der Waals surface area contributed by atoms with Gasteiger partial charge in [-0.15, -0.1) is 0 Å². The summed E-state index contributed by atoms with van der Waals surface area (Å²) in [6.07, 6.45) is 5.51. The maximum atomic E-state index is 12.9. The van der Waals surface area contributed by atoms with Gasteiger partial charge in [-0.1, -0.05) is 29.8 Å². The van der Waals surface area contributed by atoms with Gasteiger partial charge in [-0.05, 0) is 50.1 Å². The smallest absolute Gasteiger partial charge is 0.257 e. The molecule has 2 aromatic heterocycles. The molecule has 0 bridgehead atoms. The first-order chi connectivity index (χ1) is 14.4. The topological polar surface area (TPSA) is 64.7 Å². The fraction of sp³-hybridized carbons (Fsp3) is 0.208. The number of hydrogen-bond donors (Lipinski definition) is 1. The van der Waals surface area contributed by atoms with Gasteiger partial charge in [-0.3, -0.25) is 10.1 Å². The number of nitrogens with one attached hydrogen (secondary N) is 1. The van der Waals surface area contributed by atoms with Crippen molar-refractivity contribution in [1.29, 1.82) is 0 Å². The van der Waals surface area contributed by atoms with Crippen molar-refractivity contribution in [3.63, 3.8) is 0 Å². The quantitative estimate of drug-likeness (QED) is 0.537. The molecule has 0 radical (unpaired) electrons. The summed E-state index contributed by atoms with van der Waals surface area (Å²) in [6.45, 7) is 6.78. The SMILES string of the molecule is Cc1ccc(C)c(-c2cnc(NC(=O)c3cccc(Cn4ccnc4C)c3)n2C)c1. The molecule has 0 unspecified atom stereocenters. The fourth-order valence-electron chi connectivity index (χ4n) is 3.54. The second-order valence-electron chi connectivity index (χ2n) is 7.60. The summed E-state index contributed by atoms with van der Waals surface area (Å²) >= 11 is 0. The molecule has 4 rings (SSSR count). The molecule has 4 aromatic rings. The summed E-state index contributed by atoms with van der Waals surface area (Å²) in [5.41, 5.74) is 6.08. The van der Waals surface area contributed by atoms with Crippen molar-refractivity contribution in [1.82, 2.24) is 19.1 Å². The van der Waals surface area contributed by atoms with Crippen molar-refractivity contribution in [2.24, 2.45) is 7.05 Å². The van der Waals surface area contributed by atoms with Crippen LogP contribution in [0.1, 0.15) is 32.9 Å². The molecule has 1 N–H and O–H groups in total. The van der Waals surface area contributed by atoms with Gasteiger partial charge in [0.25, 0.3) is 5.91 Å². The van der Waals surface area contributed by atoms with Crippen LogP contribution >= 0.6 is 0 Å². The van der Waals surface area contributed by atoms with Crippen molar-refractivity contribution >= 4 is 11.9 Å². The summed E-state index contributed by atoms with van der Waals surface area (Å²) in [6, 6.07) is 14.0. The minimum atomic E-state index is -0.180. The van der Waals surface area contributed by atoms with Crippen molar-refractivity contribution in [3.8, 4) is 11.3 Å². The van der Waals surface area contributed by atoms with Gasteiger partial charge in [0.1, 0.15) is 5.82 Å². The van der Waals surface area contributed by atoms with Crippen LogP contribution in [0.25, 0.3) is 11.3 Å². The van der Waals surface area contributed by atoms with Crippen molar-refractivity contribution < 1.29 is 4.79 Å². The van der Waals surface area contributed by atoms with Crippen LogP contribution in [0.3, 0.4) is 0 Å². The third-order valence-electron chi connectivity index (χ3n) is 5.35. The Morgan fingerprint density at radius 2 is 1.90 bits per heavy atom. The summed E-state index contributed by atoms with van der Waals surface area (Å²) in [5.74, 6) is 1.28. The summed E-state index contributed by atoms with van der Waals surface area (Å²) in [7, 11) is 1.91. The van der Waals surface area contributed by atoms with Crippen LogP contribution in [-0.2, 0) is 13.6 Å². The zero-order valence-electron chi connectivity index (χ0n) is 17.7. The molecule has 0 atom stereocenters. The number of anilines is 1. The number of nitrogens with zero attached hydrogens (tertiary/aromatic N) is 4. The predicted octanol–water partition coefficient (Wildman–Crippen LogP) is 4.51. The first kappa shape index (κ1) is 19.6. The standard InChI is InChI=1S/C24H25N5O/c1-16-8-9-17(2)21(12-16)22-14-26-24(28(22)4)27-23(30)20-7-5-6-19(13-20)15-29-11-10-25-18(29)3/h5-14H,15H2,1-4H3,(H,26,27,30). The Balaban J connectivity index is 1.55. The highest BCUT2D eigenvalue weighted by molar-refractivity contribution is 6.03. The lowest BCUT2D eigenvalue weighted by molar-refractivity contribution is 0.102. The van der Waals surface area contributed by atoms with Crippen molar-refractivity contribution in [2.45, 2.75) is 27.3 Å². The highest BCUT2D eigenvalue weighted by atomic mass is 16.1. The van der Waals surface area contributed by atoms with Crippen LogP contribution in [0.2, 0.25) is 0 Å². The fourth-order valence-corrected chi connectivity index (χ4v) is 3.54. The molecule has 152 valence electrons. The van der Waals surface area contributed by atoms with Crippen LogP contribution in [-0.4, -0.2) is 25.0 Å². The average molecular weight is 399 g/mol. The van der Waals surface area contributed by atoms with E-state index in [9.17, 15) is 4.79 Å². The minimum absolute atomic E-state index is 0.180. The Kier molecular flexibility index (Phi) is 5.23. The number of rotatable bonds is 5. The Hall–Kier alpha value is -3.67. The maximum Gasteiger partial charge on any atom is 0.257 e. The molecule has 2 aromatic carbocycles. The van der Waals surface area contributed by atoms with Crippen LogP contribution in [0.15, 0.2) is 61.1 Å². The largest absolute Gasteiger partial charge is 0.331 e. The lowest BCUT2D eigenvalue weighted by atomic mass is 10.0. The summed E-state index contributed by atoms with van der Waals surface area (Å²) < 4.78 is 3.96. The van der Waals surface area contributed by atoms with E-state index in [4.69, 9.17) is 0 Å². The highest BCUT2D eigenvalue weighted by Gasteiger charge is 2.14. The van der Waals surface area contributed by atoms with E-state index >= 15 is 0 Å². The first-order valence-electron chi connectivity index (χ1n) is 9.90. The van der Waals surface area contributed by atoms with Gasteiger partial charge >= 0.3 is 0 Å². The Bertz CT molecular complexity index is 1220. The van der Waals surface area contributed by atoms with E-state index in [0.29, 0.717) is 18.1 Å². The molecular formula is C24H25N5O. The van der Waals surface area contributed by atoms with Crippen LogP contribution in [0, 0.1) is 20.8 Å². The highest BCUT2D eigenvalue weighted by Crippen LogP contribution is 2.26. The Labute approximate surface area is 176 Å². The lowest BCUT2D eigenvalue weighted by Crippen LogP contribution is -2.15. The van der Waals surface area contributed by atoms with E-state index in [0.717, 1.165) is 22.6 Å². The van der Waals surface area contributed by atoms with E-state index in [2.05, 4.69) is 47.3 Å². The van der Waals surface area contributed by atoms with Gasteiger partial charge in [0, 0.05) is 37.1 Å². The zero-order valence-corrected chi connectivity index (χ0v) is 17.7. The van der Waals surface area contributed by atoms with E-state index in [1.54, 1.807) is 12.4 Å². The third kappa shape index (κ3) is 3.89. The van der Waals surface area contributed by atoms with Crippen molar-refractivity contribution in [3.05, 3.63) is 89.1 Å². The monoisotopic (exact) mass is 399 g/mol. The third-order valence-corrected chi connectivity index (χ3v) is 5.35. The molecule has 30 heavy (non-hydrogen) atoms. The van der Waals surface area contributed by atoms with Gasteiger partial charge in [0.15, 0.2) is 0 Å². The van der Waals surface area contributed by atoms with Gasteiger partial charge < -0.3 is 9.13 Å². The molecule has 0 saturated carbocycles. The van der Waals surface area contributed by atoms with Crippen LogP contribution in [0.5, 0.6) is 0 Å². The van der Waals surface area contributed by atoms with Crippen LogP contribution in [0.4, 0.5) is 5.95 Å². The number of hydrogen-bond acceptors (Lipinski definition) is 3. The van der Waals surface area contributed by atoms with E-state index < -0.39 is 0 Å². The molecule has 0 aliphatic rings. The first-order valence-corrected chi connectivity index (χ1v) is 9.90. The van der Waals surface area contributed by atoms with Gasteiger partial charge in [-0.2, -0.15) is 0 Å². The number of amides is 1. The predicted molar refractivity (Wildman–Crippen MR) is 119 cm³/mol. The Morgan fingerprint density at radius 1 is 1.07 bits per heavy atom. The summed E-state index contributed by atoms with van der Waals surface area (Å²) in [5, 5.41) is 2.94. The van der Waals surface area contributed by atoms with Gasteiger partial charge in [0.2, 0.25) is 5.95 Å². The molecule has 0 aliphatic carbocycles. The number of aryl methyl sites for hydroxylation is 3. The number of aromatic nitrogens is 4. The normalized spacial score (nSPS) is 10.9. The maximum absolute atomic E-state index is 12.9. The second kappa shape index (κ2) is 7.99. The average Bonchev–Trinajstić information content (AvgIpc) is 3.30. The lowest BCUT2D eigenvalue weighted by Gasteiger charge is -2.11. The second-order valence-corrected chi connectivity index (χ2v) is 7.60. The number of benzene rings is 2. The molecule has 0 aliphatic heterocycles. The van der Waals surface area contributed by atoms with Gasteiger partial charge in [0.05, 0.1) is 11.9 Å². The molecule has 6 heteroatoms. The number of carbonyl (C=O) groups excluding carboxylic acids is 1. The molecule has 0 saturated heterocycles. The van der Waals surface area contributed by atoms with Crippen LogP contribution < -0.4 is 5.32 Å².